The number of carbonyl (C=O) groups excluding carboxylic acids is 3. The Balaban J connectivity index is 2.42. The lowest BCUT2D eigenvalue weighted by atomic mass is 10.2. The van der Waals surface area contributed by atoms with Crippen LogP contribution in [0, 0.1) is 0 Å². The number of urea groups is 1. The Kier molecular flexibility index (Phi) is 7.62. The van der Waals surface area contributed by atoms with Crippen molar-refractivity contribution >= 4 is 30.0 Å². The first kappa shape index (κ1) is 18.0. The number of ether oxygens (including phenoxy) is 2. The fourth-order valence-electron chi connectivity index (χ4n) is 1.40. The van der Waals surface area contributed by atoms with Gasteiger partial charge in [-0.1, -0.05) is 12.1 Å². The Morgan fingerprint density at radius 3 is 2.52 bits per heavy atom. The molecular weight excluding hydrogens is 304 g/mol. The van der Waals surface area contributed by atoms with E-state index in [0.29, 0.717) is 11.3 Å². The van der Waals surface area contributed by atoms with Crippen molar-refractivity contribution in [2.24, 2.45) is 5.10 Å². The maximum atomic E-state index is 11.6. The number of hydrazone groups is 1. The summed E-state index contributed by atoms with van der Waals surface area (Å²) in [6, 6.07) is 6.13. The second-order valence-corrected chi connectivity index (χ2v) is 4.10. The summed E-state index contributed by atoms with van der Waals surface area (Å²) in [5.41, 5.74) is 3.39. The molecule has 9 nitrogen and oxygen atoms in total. The van der Waals surface area contributed by atoms with Crippen molar-refractivity contribution < 1.29 is 23.9 Å². The van der Waals surface area contributed by atoms with Gasteiger partial charge in [-0.15, -0.1) is 0 Å². The van der Waals surface area contributed by atoms with Gasteiger partial charge in [0, 0.05) is 5.69 Å². The molecule has 0 aromatic heterocycles. The number of anilines is 1. The predicted octanol–water partition coefficient (Wildman–Crippen LogP) is 1.06. The lowest BCUT2D eigenvalue weighted by molar-refractivity contribution is -0.141. The highest BCUT2D eigenvalue weighted by molar-refractivity contribution is 5.92. The van der Waals surface area contributed by atoms with Crippen molar-refractivity contribution in [3.8, 4) is 0 Å². The van der Waals surface area contributed by atoms with Gasteiger partial charge in [-0.05, 0) is 24.6 Å². The summed E-state index contributed by atoms with van der Waals surface area (Å²) in [7, 11) is 1.23. The highest BCUT2D eigenvalue weighted by Gasteiger charge is 2.05. The monoisotopic (exact) mass is 322 g/mol. The van der Waals surface area contributed by atoms with Gasteiger partial charge in [0.15, 0.2) is 0 Å². The minimum Gasteiger partial charge on any atom is -0.465 e. The summed E-state index contributed by atoms with van der Waals surface area (Å²) >= 11 is 0. The number of rotatable bonds is 6. The normalized spacial score (nSPS) is 10.0. The molecule has 0 aliphatic rings. The summed E-state index contributed by atoms with van der Waals surface area (Å²) < 4.78 is 9.04. The lowest BCUT2D eigenvalue weighted by Crippen LogP contribution is -2.34. The average Bonchev–Trinajstić information content (AvgIpc) is 2.54. The number of benzene rings is 1. The number of nitrogens with one attached hydrogen (secondary N) is 3. The number of carbonyl (C=O) groups is 3. The highest BCUT2D eigenvalue weighted by atomic mass is 16.5. The van der Waals surface area contributed by atoms with Crippen LogP contribution in [-0.2, 0) is 14.3 Å². The van der Waals surface area contributed by atoms with E-state index in [1.54, 1.807) is 31.2 Å². The van der Waals surface area contributed by atoms with Crippen LogP contribution in [0.15, 0.2) is 29.4 Å². The van der Waals surface area contributed by atoms with Gasteiger partial charge in [-0.3, -0.25) is 4.79 Å². The summed E-state index contributed by atoms with van der Waals surface area (Å²) in [6.45, 7) is 1.74. The van der Waals surface area contributed by atoms with E-state index in [9.17, 15) is 14.4 Å². The van der Waals surface area contributed by atoms with Crippen LogP contribution in [0.1, 0.15) is 12.5 Å². The molecule has 3 N–H and O–H groups in total. The molecule has 0 radical (unpaired) electrons. The quantitative estimate of drug-likeness (QED) is 0.411. The summed E-state index contributed by atoms with van der Waals surface area (Å²) in [5, 5.41) is 8.60. The largest absolute Gasteiger partial charge is 0.465 e. The van der Waals surface area contributed by atoms with Gasteiger partial charge in [0.1, 0.15) is 6.54 Å². The molecule has 1 rings (SSSR count). The highest BCUT2D eigenvalue weighted by Crippen LogP contribution is 2.07. The number of hydrogen-bond acceptors (Lipinski definition) is 6. The van der Waals surface area contributed by atoms with Crippen molar-refractivity contribution in [2.75, 3.05) is 25.6 Å². The molecule has 1 aromatic carbocycles. The molecule has 9 heteroatoms. The van der Waals surface area contributed by atoms with E-state index in [1.807, 2.05) is 0 Å². The topological polar surface area (TPSA) is 118 Å². The average molecular weight is 322 g/mol. The molecule has 3 amide bonds. The van der Waals surface area contributed by atoms with Crippen LogP contribution in [-0.4, -0.2) is 44.6 Å². The van der Waals surface area contributed by atoms with E-state index < -0.39 is 18.1 Å². The lowest BCUT2D eigenvalue weighted by Gasteiger charge is -2.07. The Morgan fingerprint density at radius 1 is 1.22 bits per heavy atom. The van der Waals surface area contributed by atoms with Crippen LogP contribution in [0.2, 0.25) is 0 Å². The SMILES string of the molecule is CCOC(=O)CNC(=O)Nc1ccc(C=NNC(=O)OC)cc1. The van der Waals surface area contributed by atoms with Gasteiger partial charge < -0.3 is 20.1 Å². The first-order chi connectivity index (χ1) is 11.0. The predicted molar refractivity (Wildman–Crippen MR) is 83.2 cm³/mol. The Labute approximate surface area is 133 Å². The van der Waals surface area contributed by atoms with Crippen molar-refractivity contribution in [3.05, 3.63) is 29.8 Å². The maximum absolute atomic E-state index is 11.6. The second-order valence-electron chi connectivity index (χ2n) is 4.10. The Morgan fingerprint density at radius 2 is 1.91 bits per heavy atom. The number of hydrogen-bond donors (Lipinski definition) is 3. The Bertz CT molecular complexity index is 571. The van der Waals surface area contributed by atoms with E-state index in [2.05, 4.69) is 30.6 Å². The van der Waals surface area contributed by atoms with Crippen molar-refractivity contribution in [1.82, 2.24) is 10.7 Å². The van der Waals surface area contributed by atoms with Gasteiger partial charge in [0.2, 0.25) is 0 Å². The second kappa shape index (κ2) is 9.77. The zero-order valence-electron chi connectivity index (χ0n) is 12.8. The maximum Gasteiger partial charge on any atom is 0.427 e. The molecule has 23 heavy (non-hydrogen) atoms. The van der Waals surface area contributed by atoms with E-state index in [1.165, 1.54) is 13.3 Å². The summed E-state index contributed by atoms with van der Waals surface area (Å²) in [6.07, 6.45) is 0.749. The van der Waals surface area contributed by atoms with Gasteiger partial charge in [0.05, 0.1) is 19.9 Å². The molecule has 0 saturated carbocycles. The van der Waals surface area contributed by atoms with Crippen LogP contribution >= 0.6 is 0 Å². The van der Waals surface area contributed by atoms with Crippen LogP contribution in [0.3, 0.4) is 0 Å². The van der Waals surface area contributed by atoms with Crippen LogP contribution < -0.4 is 16.1 Å². The summed E-state index contributed by atoms with van der Waals surface area (Å²) in [4.78, 5) is 33.5. The minimum atomic E-state index is -0.669. The van der Waals surface area contributed by atoms with Gasteiger partial charge in [-0.25, -0.2) is 15.0 Å². The van der Waals surface area contributed by atoms with Crippen LogP contribution in [0.25, 0.3) is 0 Å². The van der Waals surface area contributed by atoms with Crippen LogP contribution in [0.4, 0.5) is 15.3 Å². The van der Waals surface area contributed by atoms with E-state index in [-0.39, 0.29) is 13.2 Å². The van der Waals surface area contributed by atoms with Crippen molar-refractivity contribution in [2.45, 2.75) is 6.92 Å². The standard InChI is InChI=1S/C14H18N4O5/c1-3-23-12(19)9-15-13(20)17-11-6-4-10(5-7-11)8-16-18-14(21)22-2/h4-8H,3,9H2,1-2H3,(H,18,21)(H2,15,17,20). The number of amides is 3. The van der Waals surface area contributed by atoms with E-state index >= 15 is 0 Å². The molecule has 0 heterocycles. The molecule has 0 saturated heterocycles. The number of esters is 1. The van der Waals surface area contributed by atoms with Gasteiger partial charge in [0.25, 0.3) is 0 Å². The van der Waals surface area contributed by atoms with Gasteiger partial charge >= 0.3 is 18.1 Å². The molecule has 0 unspecified atom stereocenters. The van der Waals surface area contributed by atoms with Crippen LogP contribution in [0.5, 0.6) is 0 Å². The third kappa shape index (κ3) is 7.46. The first-order valence-corrected chi connectivity index (χ1v) is 6.72. The van der Waals surface area contributed by atoms with Crippen molar-refractivity contribution in [1.29, 1.82) is 0 Å². The molecule has 0 bridgehead atoms. The molecule has 0 atom stereocenters. The summed E-state index contributed by atoms with van der Waals surface area (Å²) in [5.74, 6) is -0.507. The Hall–Kier alpha value is -3.10. The minimum absolute atomic E-state index is 0.205. The third-order valence-electron chi connectivity index (χ3n) is 2.42. The number of methoxy groups -OCH3 is 1. The van der Waals surface area contributed by atoms with E-state index in [0.717, 1.165) is 0 Å². The number of nitrogens with zero attached hydrogens (tertiary/aromatic N) is 1. The molecule has 0 spiro atoms. The van der Waals surface area contributed by atoms with Crippen molar-refractivity contribution in [3.63, 3.8) is 0 Å². The first-order valence-electron chi connectivity index (χ1n) is 6.72. The fraction of sp³-hybridized carbons (Fsp3) is 0.286. The molecule has 0 aliphatic carbocycles. The van der Waals surface area contributed by atoms with E-state index in [4.69, 9.17) is 0 Å². The smallest absolute Gasteiger partial charge is 0.427 e. The zero-order chi connectivity index (χ0) is 17.1. The molecule has 1 aromatic rings. The molecular formula is C14H18N4O5. The molecule has 0 aliphatic heterocycles. The van der Waals surface area contributed by atoms with Gasteiger partial charge in [-0.2, -0.15) is 5.10 Å². The fourth-order valence-corrected chi connectivity index (χ4v) is 1.40. The zero-order valence-corrected chi connectivity index (χ0v) is 12.8. The molecule has 124 valence electrons. The molecule has 0 fully saturated rings. The third-order valence-corrected chi connectivity index (χ3v) is 2.42.